The van der Waals surface area contributed by atoms with Gasteiger partial charge in [0, 0.05) is 6.42 Å². The Morgan fingerprint density at radius 3 is 2.43 bits per heavy atom. The first-order valence-electron chi connectivity index (χ1n) is 8.54. The van der Waals surface area contributed by atoms with Crippen LogP contribution in [0.15, 0.2) is 46.4 Å². The molecule has 0 radical (unpaired) electrons. The number of sulfone groups is 1. The lowest BCUT2D eigenvalue weighted by Crippen LogP contribution is -2.24. The number of benzene rings is 2. The second kappa shape index (κ2) is 9.11. The molecule has 0 aliphatic heterocycles. The van der Waals surface area contributed by atoms with Crippen molar-refractivity contribution in [1.82, 2.24) is 5.53 Å². The Bertz CT molecular complexity index is 1060. The predicted molar refractivity (Wildman–Crippen MR) is 108 cm³/mol. The van der Waals surface area contributed by atoms with Gasteiger partial charge in [-0.25, -0.2) is 19.8 Å². The van der Waals surface area contributed by atoms with Gasteiger partial charge in [-0.05, 0) is 55.8 Å². The van der Waals surface area contributed by atoms with Crippen molar-refractivity contribution in [3.63, 3.8) is 0 Å². The van der Waals surface area contributed by atoms with E-state index in [0.29, 0.717) is 0 Å². The zero-order chi connectivity index (χ0) is 22.7. The number of hydrazone groups is 1. The molecule has 0 atom stereocenters. The summed E-state index contributed by atoms with van der Waals surface area (Å²) in [6.07, 6.45) is -4.76. The number of rotatable bonds is 7. The van der Waals surface area contributed by atoms with Gasteiger partial charge in [0.1, 0.15) is 17.3 Å². The highest BCUT2D eigenvalue weighted by molar-refractivity contribution is 7.92. The van der Waals surface area contributed by atoms with Gasteiger partial charge in [-0.15, -0.1) is 0 Å². The van der Waals surface area contributed by atoms with Crippen LogP contribution in [0.3, 0.4) is 0 Å². The molecule has 2 aromatic rings. The lowest BCUT2D eigenvalue weighted by atomic mass is 10.1. The molecule has 5 N–H and O–H groups in total. The van der Waals surface area contributed by atoms with E-state index in [-0.39, 0.29) is 39.2 Å². The van der Waals surface area contributed by atoms with Crippen LogP contribution in [-0.2, 0) is 22.4 Å². The van der Waals surface area contributed by atoms with E-state index in [0.717, 1.165) is 12.1 Å². The molecule has 0 unspecified atom stereocenters. The Morgan fingerprint density at radius 1 is 1.23 bits per heavy atom. The summed E-state index contributed by atoms with van der Waals surface area (Å²) in [5.74, 6) is 4.81. The molecule has 0 saturated heterocycles. The lowest BCUT2D eigenvalue weighted by molar-refractivity contribution is -0.137. The Balaban J connectivity index is 2.43. The molecule has 0 saturated carbocycles. The van der Waals surface area contributed by atoms with Crippen LogP contribution in [-0.4, -0.2) is 19.5 Å². The highest BCUT2D eigenvalue weighted by atomic mass is 35.5. The number of ether oxygens (including phenoxy) is 1. The minimum atomic E-state index is -4.63. The van der Waals surface area contributed by atoms with Crippen LogP contribution in [0.1, 0.15) is 25.0 Å². The molecule has 0 bridgehead atoms. The average Bonchev–Trinajstić information content (AvgIpc) is 2.62. The maximum absolute atomic E-state index is 13.3. The van der Waals surface area contributed by atoms with Crippen molar-refractivity contribution in [3.8, 4) is 11.5 Å². The summed E-state index contributed by atoms with van der Waals surface area (Å²) in [6.45, 7) is 3.04. The van der Waals surface area contributed by atoms with E-state index in [9.17, 15) is 21.6 Å². The number of hydrogen-bond donors (Lipinski definition) is 3. The molecule has 0 spiro atoms. The molecule has 0 aliphatic carbocycles. The van der Waals surface area contributed by atoms with E-state index < -0.39 is 26.8 Å². The van der Waals surface area contributed by atoms with Crippen molar-refractivity contribution in [2.45, 2.75) is 36.6 Å². The quantitative estimate of drug-likeness (QED) is 0.249. The van der Waals surface area contributed by atoms with Gasteiger partial charge in [-0.2, -0.15) is 18.3 Å². The second-order valence-corrected chi connectivity index (χ2v) is 9.47. The molecule has 2 rings (SSSR count). The van der Waals surface area contributed by atoms with Gasteiger partial charge < -0.3 is 10.5 Å². The summed E-state index contributed by atoms with van der Waals surface area (Å²) < 4.78 is 69.8. The highest BCUT2D eigenvalue weighted by Crippen LogP contribution is 2.36. The van der Waals surface area contributed by atoms with Gasteiger partial charge in [0.25, 0.3) is 0 Å². The first-order chi connectivity index (χ1) is 13.8. The monoisotopic (exact) mass is 464 g/mol. The van der Waals surface area contributed by atoms with E-state index in [2.05, 4.69) is 5.10 Å². The Kier molecular flexibility index (Phi) is 7.22. The fourth-order valence-corrected chi connectivity index (χ4v) is 3.83. The number of hydrazine groups is 1. The number of nitrogens with zero attached hydrogens (tertiary/aromatic N) is 1. The third-order valence-corrected chi connectivity index (χ3v) is 6.41. The molecule has 0 aliphatic rings. The largest absolute Gasteiger partial charge is 0.456 e. The van der Waals surface area contributed by atoms with Crippen LogP contribution in [0.5, 0.6) is 11.5 Å². The Labute approximate surface area is 176 Å². The number of hydrogen-bond acceptors (Lipinski definition) is 6. The van der Waals surface area contributed by atoms with Crippen molar-refractivity contribution in [2.75, 3.05) is 0 Å². The van der Waals surface area contributed by atoms with Gasteiger partial charge in [0.15, 0.2) is 9.84 Å². The van der Waals surface area contributed by atoms with E-state index >= 15 is 0 Å². The normalized spacial score (nSPS) is 12.9. The summed E-state index contributed by atoms with van der Waals surface area (Å²) >= 11 is 6.11. The predicted octanol–water partition coefficient (Wildman–Crippen LogP) is 3.61. The molecule has 0 heterocycles. The summed E-state index contributed by atoms with van der Waals surface area (Å²) in [7, 11) is -3.57. The smallest absolute Gasteiger partial charge is 0.416 e. The van der Waals surface area contributed by atoms with Crippen LogP contribution in [0.4, 0.5) is 13.2 Å². The van der Waals surface area contributed by atoms with E-state index in [4.69, 9.17) is 27.9 Å². The first-order valence-corrected chi connectivity index (χ1v) is 10.5. The molecule has 2 aromatic carbocycles. The molecule has 0 aromatic heterocycles. The van der Waals surface area contributed by atoms with Crippen LogP contribution in [0, 0.1) is 0 Å². The molecular formula is C18H20ClF3N4O3S. The summed E-state index contributed by atoms with van der Waals surface area (Å²) in [6, 6.07) is 6.80. The minimum absolute atomic E-state index is 0.00471. The summed E-state index contributed by atoms with van der Waals surface area (Å²) in [5.41, 5.74) is 6.77. The van der Waals surface area contributed by atoms with Crippen molar-refractivity contribution in [1.29, 1.82) is 0 Å². The highest BCUT2D eigenvalue weighted by Gasteiger charge is 2.31. The number of alkyl halides is 3. The number of nitrogens with two attached hydrogens (primary N) is 2. The Hall–Kier alpha value is -2.50. The number of halogens is 4. The molecule has 164 valence electrons. The van der Waals surface area contributed by atoms with Crippen molar-refractivity contribution in [2.24, 2.45) is 16.7 Å². The van der Waals surface area contributed by atoms with Crippen molar-refractivity contribution in [3.05, 3.63) is 52.5 Å². The van der Waals surface area contributed by atoms with Crippen LogP contribution in [0.2, 0.25) is 5.02 Å². The first kappa shape index (κ1) is 23.8. The van der Waals surface area contributed by atoms with Gasteiger partial charge in [-0.3, -0.25) is 0 Å². The second-order valence-electron chi connectivity index (χ2n) is 6.56. The van der Waals surface area contributed by atoms with Gasteiger partial charge in [0.05, 0.1) is 20.7 Å². The molecular weight excluding hydrogens is 445 g/mol. The van der Waals surface area contributed by atoms with E-state index in [1.165, 1.54) is 38.1 Å². The maximum atomic E-state index is 13.3. The zero-order valence-electron chi connectivity index (χ0n) is 16.0. The number of nitrogens with one attached hydrogen (secondary N) is 1. The third-order valence-electron chi connectivity index (χ3n) is 3.97. The Morgan fingerprint density at radius 2 is 1.90 bits per heavy atom. The van der Waals surface area contributed by atoms with Gasteiger partial charge in [-0.1, -0.05) is 11.6 Å². The standard InChI is InChI=1S/C18H20ClF3N4O3S/c1-10(2)30(27,28)14-3-4-16(15(19)9-14)29-13-6-11(7-17(23)25-26-24)5-12(8-13)18(20,21)22/h3-6,8-10,26H,7,24H2,1-2H3,(H2,23,25). The summed E-state index contributed by atoms with van der Waals surface area (Å²) in [5, 5.41) is 2.78. The average molecular weight is 465 g/mol. The van der Waals surface area contributed by atoms with Gasteiger partial charge in [0.2, 0.25) is 0 Å². The SMILES string of the molecule is CC(C)S(=O)(=O)c1ccc(Oc2cc(C/C(N)=N/NN)cc(C(F)(F)F)c2)c(Cl)c1. The minimum Gasteiger partial charge on any atom is -0.456 e. The number of amidine groups is 1. The molecule has 0 amide bonds. The van der Waals surface area contributed by atoms with Crippen LogP contribution in [0.25, 0.3) is 0 Å². The third kappa shape index (κ3) is 5.77. The van der Waals surface area contributed by atoms with E-state index in [1.807, 2.05) is 5.53 Å². The molecule has 0 fully saturated rings. The molecule has 7 nitrogen and oxygen atoms in total. The zero-order valence-corrected chi connectivity index (χ0v) is 17.6. The topological polar surface area (TPSA) is 120 Å². The molecule has 30 heavy (non-hydrogen) atoms. The fraction of sp³-hybridized carbons (Fsp3) is 0.278. The van der Waals surface area contributed by atoms with E-state index in [1.54, 1.807) is 0 Å². The maximum Gasteiger partial charge on any atom is 0.416 e. The fourth-order valence-electron chi connectivity index (χ4n) is 2.46. The lowest BCUT2D eigenvalue weighted by Gasteiger charge is -2.15. The van der Waals surface area contributed by atoms with Crippen LogP contribution < -0.4 is 21.8 Å². The van der Waals surface area contributed by atoms with Crippen LogP contribution >= 0.6 is 11.6 Å². The molecule has 12 heteroatoms. The van der Waals surface area contributed by atoms with Gasteiger partial charge >= 0.3 is 6.18 Å². The van der Waals surface area contributed by atoms with Crippen molar-refractivity contribution < 1.29 is 26.3 Å². The van der Waals surface area contributed by atoms with Crippen molar-refractivity contribution >= 4 is 27.3 Å². The summed E-state index contributed by atoms with van der Waals surface area (Å²) in [4.78, 5) is -0.0159.